The Kier molecular flexibility index (Phi) is 5.96. The van der Waals surface area contributed by atoms with Gasteiger partial charge in [-0.25, -0.2) is 4.52 Å². The molecule has 4 rings (SSSR count). The molecular weight excluding hydrogens is 430 g/mol. The summed E-state index contributed by atoms with van der Waals surface area (Å²) in [6.45, 7) is 3.81. The molecule has 0 saturated heterocycles. The van der Waals surface area contributed by atoms with Crippen LogP contribution in [0.2, 0.25) is 5.02 Å². The molecule has 164 valence electrons. The average Bonchev–Trinajstić information content (AvgIpc) is 3.19. The molecule has 1 N–H and O–H groups in total. The summed E-state index contributed by atoms with van der Waals surface area (Å²) in [6.07, 6.45) is 0.700. The molecule has 0 aliphatic carbocycles. The van der Waals surface area contributed by atoms with E-state index >= 15 is 0 Å². The highest BCUT2D eigenvalue weighted by Gasteiger charge is 2.22. The van der Waals surface area contributed by atoms with E-state index in [4.69, 9.17) is 26.2 Å². The van der Waals surface area contributed by atoms with Crippen LogP contribution in [0.4, 0.5) is 5.69 Å². The van der Waals surface area contributed by atoms with Gasteiger partial charge in [-0.05, 0) is 49.2 Å². The zero-order valence-electron chi connectivity index (χ0n) is 18.1. The van der Waals surface area contributed by atoms with Crippen LogP contribution in [0.5, 0.6) is 11.5 Å². The molecule has 0 spiro atoms. The molecular formula is C23H22ClN5O3. The number of rotatable bonds is 6. The van der Waals surface area contributed by atoms with Gasteiger partial charge in [0.2, 0.25) is 0 Å². The summed E-state index contributed by atoms with van der Waals surface area (Å²) in [5.74, 6) is 0.821. The highest BCUT2D eigenvalue weighted by atomic mass is 35.5. The molecule has 2 aromatic heterocycles. The first kappa shape index (κ1) is 21.6. The van der Waals surface area contributed by atoms with Crippen molar-refractivity contribution >= 4 is 28.8 Å². The molecule has 32 heavy (non-hydrogen) atoms. The van der Waals surface area contributed by atoms with Crippen LogP contribution in [0.25, 0.3) is 16.8 Å². The number of hydrogen-bond donors (Lipinski definition) is 1. The van der Waals surface area contributed by atoms with Gasteiger partial charge in [-0.2, -0.15) is 5.10 Å². The third kappa shape index (κ3) is 3.85. The van der Waals surface area contributed by atoms with Crippen molar-refractivity contribution in [1.29, 1.82) is 0 Å². The smallest absolute Gasteiger partial charge is 0.278 e. The van der Waals surface area contributed by atoms with Crippen LogP contribution >= 0.6 is 11.6 Å². The van der Waals surface area contributed by atoms with Crippen molar-refractivity contribution in [2.24, 2.45) is 0 Å². The molecule has 0 aliphatic heterocycles. The number of anilines is 1. The normalized spacial score (nSPS) is 10.9. The van der Waals surface area contributed by atoms with Gasteiger partial charge in [0, 0.05) is 5.02 Å². The highest BCUT2D eigenvalue weighted by molar-refractivity contribution is 6.31. The molecule has 0 fully saturated rings. The van der Waals surface area contributed by atoms with Crippen molar-refractivity contribution in [2.75, 3.05) is 19.5 Å². The fraction of sp³-hybridized carbons (Fsp3) is 0.217. The van der Waals surface area contributed by atoms with E-state index in [-0.39, 0.29) is 5.69 Å². The van der Waals surface area contributed by atoms with Gasteiger partial charge in [-0.15, -0.1) is 10.2 Å². The van der Waals surface area contributed by atoms with Gasteiger partial charge in [0.15, 0.2) is 11.3 Å². The van der Waals surface area contributed by atoms with Crippen molar-refractivity contribution in [3.05, 3.63) is 64.6 Å². The molecule has 0 saturated carbocycles. The van der Waals surface area contributed by atoms with Crippen LogP contribution < -0.4 is 14.8 Å². The van der Waals surface area contributed by atoms with E-state index in [0.29, 0.717) is 34.2 Å². The maximum Gasteiger partial charge on any atom is 0.278 e. The van der Waals surface area contributed by atoms with Crippen molar-refractivity contribution in [1.82, 2.24) is 19.8 Å². The van der Waals surface area contributed by atoms with E-state index in [1.54, 1.807) is 36.7 Å². The maximum atomic E-state index is 13.0. The Hall–Kier alpha value is -3.65. The molecule has 0 radical (unpaired) electrons. The molecule has 8 nitrogen and oxygen atoms in total. The van der Waals surface area contributed by atoms with Crippen molar-refractivity contribution in [2.45, 2.75) is 20.3 Å². The molecule has 9 heteroatoms. The van der Waals surface area contributed by atoms with Gasteiger partial charge >= 0.3 is 0 Å². The Morgan fingerprint density at radius 2 is 1.84 bits per heavy atom. The third-order valence-corrected chi connectivity index (χ3v) is 5.41. The van der Waals surface area contributed by atoms with E-state index in [9.17, 15) is 4.79 Å². The minimum Gasteiger partial charge on any atom is -0.497 e. The largest absolute Gasteiger partial charge is 0.497 e. The number of methoxy groups -OCH3 is 2. The summed E-state index contributed by atoms with van der Waals surface area (Å²) in [4.78, 5) is 13.0. The number of ether oxygens (including phenoxy) is 2. The number of halogens is 1. The Morgan fingerprint density at radius 1 is 1.09 bits per heavy atom. The quantitative estimate of drug-likeness (QED) is 0.461. The highest BCUT2D eigenvalue weighted by Crippen LogP contribution is 2.31. The number of aromatic nitrogens is 4. The number of benzene rings is 2. The Bertz CT molecular complexity index is 1300. The van der Waals surface area contributed by atoms with Crippen molar-refractivity contribution in [3.63, 3.8) is 0 Å². The summed E-state index contributed by atoms with van der Waals surface area (Å²) < 4.78 is 12.2. The van der Waals surface area contributed by atoms with Crippen LogP contribution in [0.3, 0.4) is 0 Å². The van der Waals surface area contributed by atoms with Crippen LogP contribution in [0.1, 0.15) is 28.8 Å². The third-order valence-electron chi connectivity index (χ3n) is 5.18. The Labute approximate surface area is 190 Å². The van der Waals surface area contributed by atoms with E-state index in [2.05, 4.69) is 15.5 Å². The second kappa shape index (κ2) is 8.84. The topological polar surface area (TPSA) is 90.6 Å². The molecule has 1 amide bonds. The van der Waals surface area contributed by atoms with E-state index < -0.39 is 5.91 Å². The molecule has 0 atom stereocenters. The minimum atomic E-state index is -0.433. The van der Waals surface area contributed by atoms with E-state index in [0.717, 1.165) is 22.6 Å². The minimum absolute atomic E-state index is 0.158. The molecule has 0 aliphatic rings. The lowest BCUT2D eigenvalue weighted by Gasteiger charge is -2.11. The molecule has 0 unspecified atom stereocenters. The van der Waals surface area contributed by atoms with E-state index in [1.807, 2.05) is 31.2 Å². The number of carbonyl (C=O) groups excluding carboxylic acids is 1. The lowest BCUT2D eigenvalue weighted by molar-refractivity contribution is 0.101. The number of nitrogens with zero attached hydrogens (tertiary/aromatic N) is 4. The second-order valence-electron chi connectivity index (χ2n) is 7.07. The van der Waals surface area contributed by atoms with Crippen molar-refractivity contribution < 1.29 is 14.3 Å². The van der Waals surface area contributed by atoms with E-state index in [1.165, 1.54) is 7.11 Å². The van der Waals surface area contributed by atoms with Crippen LogP contribution in [-0.4, -0.2) is 39.9 Å². The summed E-state index contributed by atoms with van der Waals surface area (Å²) in [6, 6.07) is 12.7. The summed E-state index contributed by atoms with van der Waals surface area (Å²) in [5, 5.41) is 16.6. The number of carbonyl (C=O) groups is 1. The standard InChI is InChI=1S/C23H22ClN5O3/c1-5-17-20(14-6-9-16(31-3)10-7-14)22-27-26-21(13(2)29(22)28-17)23(30)25-18-12-15(24)8-11-19(18)32-4/h6-12H,5H2,1-4H3,(H,25,30). The molecule has 4 aromatic rings. The number of fused-ring (bicyclic) bond motifs is 1. The predicted octanol–water partition coefficient (Wildman–Crippen LogP) is 4.59. The van der Waals surface area contributed by atoms with Gasteiger partial charge in [-0.3, -0.25) is 4.79 Å². The summed E-state index contributed by atoms with van der Waals surface area (Å²) in [7, 11) is 3.15. The molecule has 0 bridgehead atoms. The predicted molar refractivity (Wildman–Crippen MR) is 123 cm³/mol. The maximum absolute atomic E-state index is 13.0. The monoisotopic (exact) mass is 451 g/mol. The lowest BCUT2D eigenvalue weighted by atomic mass is 10.0. The average molecular weight is 452 g/mol. The second-order valence-corrected chi connectivity index (χ2v) is 7.51. The fourth-order valence-electron chi connectivity index (χ4n) is 3.52. The van der Waals surface area contributed by atoms with Gasteiger partial charge in [-0.1, -0.05) is 30.7 Å². The van der Waals surface area contributed by atoms with Crippen molar-refractivity contribution in [3.8, 4) is 22.6 Å². The first-order chi connectivity index (χ1) is 15.5. The number of amides is 1. The van der Waals surface area contributed by atoms with Gasteiger partial charge in [0.1, 0.15) is 11.5 Å². The Morgan fingerprint density at radius 3 is 2.50 bits per heavy atom. The number of hydrogen-bond acceptors (Lipinski definition) is 6. The van der Waals surface area contributed by atoms with Crippen LogP contribution in [0.15, 0.2) is 42.5 Å². The SMILES string of the molecule is CCc1nn2c(C)c(C(=O)Nc3cc(Cl)ccc3OC)nnc2c1-c1ccc(OC)cc1. The molecule has 2 heterocycles. The zero-order chi connectivity index (χ0) is 22.8. The van der Waals surface area contributed by atoms with Crippen LogP contribution in [0, 0.1) is 6.92 Å². The summed E-state index contributed by atoms with van der Waals surface area (Å²) in [5.41, 5.74) is 4.46. The number of aryl methyl sites for hydroxylation is 2. The Balaban J connectivity index is 1.76. The number of nitrogens with one attached hydrogen (secondary N) is 1. The lowest BCUT2D eigenvalue weighted by Crippen LogP contribution is -2.19. The van der Waals surface area contributed by atoms with Gasteiger partial charge in [0.05, 0.1) is 36.9 Å². The first-order valence-electron chi connectivity index (χ1n) is 10.0. The first-order valence-corrected chi connectivity index (χ1v) is 10.4. The fourth-order valence-corrected chi connectivity index (χ4v) is 3.69. The molecule has 2 aromatic carbocycles. The van der Waals surface area contributed by atoms with Crippen LogP contribution in [-0.2, 0) is 6.42 Å². The van der Waals surface area contributed by atoms with Gasteiger partial charge < -0.3 is 14.8 Å². The summed E-state index contributed by atoms with van der Waals surface area (Å²) >= 11 is 6.07. The van der Waals surface area contributed by atoms with Gasteiger partial charge in [0.25, 0.3) is 5.91 Å². The zero-order valence-corrected chi connectivity index (χ0v) is 18.9.